The van der Waals surface area contributed by atoms with Gasteiger partial charge in [-0.05, 0) is 31.9 Å². The van der Waals surface area contributed by atoms with Crippen molar-refractivity contribution in [3.8, 4) is 0 Å². The second-order valence-corrected chi connectivity index (χ2v) is 10.5. The molecule has 5 nitrogen and oxygen atoms in total. The molecule has 0 N–H and O–H groups in total. The van der Waals surface area contributed by atoms with Crippen molar-refractivity contribution in [2.45, 2.75) is 49.8 Å². The summed E-state index contributed by atoms with van der Waals surface area (Å²) in [6, 6.07) is 7.71. The Kier molecular flexibility index (Phi) is 6.93. The van der Waals surface area contributed by atoms with E-state index in [0.29, 0.717) is 31.2 Å². The smallest absolute Gasteiger partial charge is 0.254 e. The van der Waals surface area contributed by atoms with Crippen molar-refractivity contribution >= 4 is 27.7 Å². The molecule has 1 aromatic rings. The van der Waals surface area contributed by atoms with E-state index in [1.165, 1.54) is 4.31 Å². The average molecular weight is 385 g/mol. The highest BCUT2D eigenvalue weighted by atomic mass is 32.2. The number of amides is 1. The lowest BCUT2D eigenvalue weighted by Crippen LogP contribution is -2.47. The molecule has 0 saturated carbocycles. The molecule has 7 heteroatoms. The topological polar surface area (TPSA) is 57.7 Å². The van der Waals surface area contributed by atoms with Gasteiger partial charge < -0.3 is 4.90 Å². The van der Waals surface area contributed by atoms with Gasteiger partial charge >= 0.3 is 0 Å². The largest absolute Gasteiger partial charge is 0.338 e. The second-order valence-electron chi connectivity index (χ2n) is 6.60. The minimum Gasteiger partial charge on any atom is -0.338 e. The summed E-state index contributed by atoms with van der Waals surface area (Å²) < 4.78 is 25.5. The van der Waals surface area contributed by atoms with Gasteiger partial charge in [0.25, 0.3) is 5.91 Å². The Hall–Kier alpha value is -1.05. The first kappa shape index (κ1) is 20.3. The number of thioether (sulfide) groups is 1. The van der Waals surface area contributed by atoms with Crippen LogP contribution < -0.4 is 0 Å². The van der Waals surface area contributed by atoms with Crippen LogP contribution in [0.2, 0.25) is 0 Å². The van der Waals surface area contributed by atoms with E-state index in [1.807, 2.05) is 29.2 Å². The number of benzene rings is 1. The highest BCUT2D eigenvalue weighted by Crippen LogP contribution is 2.28. The standard InChI is InChI=1S/C18H28N2O3S2/c1-5-25(22,23)19(4)15-10-12-20(13-11-15)18(21)16-8-6-7-9-17(16)24-14(2)3/h6-9,14-15H,5,10-13H2,1-4H3. The van der Waals surface area contributed by atoms with Gasteiger partial charge in [0, 0.05) is 36.3 Å². The van der Waals surface area contributed by atoms with Crippen LogP contribution in [0.3, 0.4) is 0 Å². The van der Waals surface area contributed by atoms with Crippen LogP contribution in [0.15, 0.2) is 29.2 Å². The zero-order valence-corrected chi connectivity index (χ0v) is 17.1. The molecule has 0 aliphatic carbocycles. The molecule has 140 valence electrons. The quantitative estimate of drug-likeness (QED) is 0.707. The van der Waals surface area contributed by atoms with Gasteiger partial charge in [-0.25, -0.2) is 12.7 Å². The Bertz CT molecular complexity index is 696. The summed E-state index contributed by atoms with van der Waals surface area (Å²) in [5, 5.41) is 0.410. The van der Waals surface area contributed by atoms with E-state index in [-0.39, 0.29) is 17.7 Å². The van der Waals surface area contributed by atoms with Crippen LogP contribution >= 0.6 is 11.8 Å². The van der Waals surface area contributed by atoms with Crippen molar-refractivity contribution in [3.63, 3.8) is 0 Å². The van der Waals surface area contributed by atoms with E-state index in [0.717, 1.165) is 10.5 Å². The zero-order valence-electron chi connectivity index (χ0n) is 15.4. The van der Waals surface area contributed by atoms with Crippen LogP contribution in [-0.2, 0) is 10.0 Å². The fourth-order valence-corrected chi connectivity index (χ4v) is 5.05. The van der Waals surface area contributed by atoms with Crippen molar-refractivity contribution in [2.75, 3.05) is 25.9 Å². The van der Waals surface area contributed by atoms with Crippen molar-refractivity contribution in [1.82, 2.24) is 9.21 Å². The normalized spacial score (nSPS) is 16.6. The lowest BCUT2D eigenvalue weighted by Gasteiger charge is -2.36. The van der Waals surface area contributed by atoms with Gasteiger partial charge in [-0.1, -0.05) is 26.0 Å². The minimum atomic E-state index is -3.18. The van der Waals surface area contributed by atoms with Gasteiger partial charge in [0.05, 0.1) is 11.3 Å². The molecule has 1 aliphatic heterocycles. The summed E-state index contributed by atoms with van der Waals surface area (Å²) in [4.78, 5) is 15.8. The third-order valence-corrected chi connectivity index (χ3v) is 7.54. The molecule has 1 heterocycles. The Morgan fingerprint density at radius 2 is 1.88 bits per heavy atom. The van der Waals surface area contributed by atoms with Crippen molar-refractivity contribution in [2.24, 2.45) is 0 Å². The molecule has 1 fully saturated rings. The van der Waals surface area contributed by atoms with Crippen molar-refractivity contribution in [1.29, 1.82) is 0 Å². The number of sulfonamides is 1. The van der Waals surface area contributed by atoms with E-state index in [2.05, 4.69) is 13.8 Å². The van der Waals surface area contributed by atoms with Gasteiger partial charge in [-0.3, -0.25) is 4.79 Å². The summed E-state index contributed by atoms with van der Waals surface area (Å²) in [6.07, 6.45) is 1.36. The van der Waals surface area contributed by atoms with Gasteiger partial charge in [-0.2, -0.15) is 0 Å². The number of likely N-dealkylation sites (tertiary alicyclic amines) is 1. The molecule has 1 aromatic carbocycles. The second kappa shape index (κ2) is 8.56. The number of carbonyl (C=O) groups is 1. The number of carbonyl (C=O) groups excluding carboxylic acids is 1. The maximum atomic E-state index is 12.9. The molecule has 0 aromatic heterocycles. The minimum absolute atomic E-state index is 0.0192. The van der Waals surface area contributed by atoms with E-state index in [1.54, 1.807) is 25.7 Å². The maximum absolute atomic E-state index is 12.9. The molecule has 25 heavy (non-hydrogen) atoms. The SMILES string of the molecule is CCS(=O)(=O)N(C)C1CCN(C(=O)c2ccccc2SC(C)C)CC1. The third-order valence-electron chi connectivity index (χ3n) is 4.55. The molecule has 0 radical (unpaired) electrons. The average Bonchev–Trinajstić information content (AvgIpc) is 2.60. The Balaban J connectivity index is 2.05. The number of piperidine rings is 1. The number of rotatable bonds is 6. The van der Waals surface area contributed by atoms with E-state index in [4.69, 9.17) is 0 Å². The predicted octanol–water partition coefficient (Wildman–Crippen LogP) is 3.07. The lowest BCUT2D eigenvalue weighted by atomic mass is 10.0. The molecular formula is C18H28N2O3S2. The zero-order chi connectivity index (χ0) is 18.6. The van der Waals surface area contributed by atoms with Gasteiger partial charge in [0.2, 0.25) is 10.0 Å². The van der Waals surface area contributed by atoms with Crippen LogP contribution in [0.5, 0.6) is 0 Å². The predicted molar refractivity (Wildman–Crippen MR) is 104 cm³/mol. The highest BCUT2D eigenvalue weighted by molar-refractivity contribution is 8.00. The molecule has 1 amide bonds. The first-order chi connectivity index (χ1) is 11.8. The Labute approximate surface area is 155 Å². The summed E-state index contributed by atoms with van der Waals surface area (Å²) in [7, 11) is -1.53. The third kappa shape index (κ3) is 4.99. The Morgan fingerprint density at radius 3 is 2.44 bits per heavy atom. The van der Waals surface area contributed by atoms with Crippen LogP contribution in [-0.4, -0.2) is 60.7 Å². The van der Waals surface area contributed by atoms with E-state index in [9.17, 15) is 13.2 Å². The monoisotopic (exact) mass is 384 g/mol. The first-order valence-electron chi connectivity index (χ1n) is 8.77. The van der Waals surface area contributed by atoms with Gasteiger partial charge in [0.15, 0.2) is 0 Å². The molecule has 0 bridgehead atoms. The molecule has 1 aliphatic rings. The number of hydrogen-bond donors (Lipinski definition) is 0. The van der Waals surface area contributed by atoms with Crippen molar-refractivity contribution in [3.05, 3.63) is 29.8 Å². The molecular weight excluding hydrogens is 356 g/mol. The van der Waals surface area contributed by atoms with Crippen LogP contribution in [0.25, 0.3) is 0 Å². The summed E-state index contributed by atoms with van der Waals surface area (Å²) >= 11 is 1.69. The van der Waals surface area contributed by atoms with Gasteiger partial charge in [0.1, 0.15) is 0 Å². The van der Waals surface area contributed by atoms with Crippen LogP contribution in [0.4, 0.5) is 0 Å². The van der Waals surface area contributed by atoms with E-state index >= 15 is 0 Å². The number of nitrogens with zero attached hydrogens (tertiary/aromatic N) is 2. The molecule has 2 rings (SSSR count). The maximum Gasteiger partial charge on any atom is 0.254 e. The fraction of sp³-hybridized carbons (Fsp3) is 0.611. The summed E-state index contributed by atoms with van der Waals surface area (Å²) in [6.45, 7) is 7.07. The van der Waals surface area contributed by atoms with E-state index < -0.39 is 10.0 Å². The summed E-state index contributed by atoms with van der Waals surface area (Å²) in [5.41, 5.74) is 0.745. The molecule has 0 spiro atoms. The number of hydrogen-bond acceptors (Lipinski definition) is 4. The lowest BCUT2D eigenvalue weighted by molar-refractivity contribution is 0.0682. The van der Waals surface area contributed by atoms with Crippen LogP contribution in [0, 0.1) is 0 Å². The summed E-state index contributed by atoms with van der Waals surface area (Å²) in [5.74, 6) is 0.158. The molecule has 1 saturated heterocycles. The van der Waals surface area contributed by atoms with Gasteiger partial charge in [-0.15, -0.1) is 11.8 Å². The first-order valence-corrected chi connectivity index (χ1v) is 11.3. The fourth-order valence-electron chi connectivity index (χ4n) is 3.03. The molecule has 0 unspecified atom stereocenters. The highest BCUT2D eigenvalue weighted by Gasteiger charge is 2.31. The van der Waals surface area contributed by atoms with Crippen molar-refractivity contribution < 1.29 is 13.2 Å². The molecule has 0 atom stereocenters. The Morgan fingerprint density at radius 1 is 1.28 bits per heavy atom. The van der Waals surface area contributed by atoms with Crippen LogP contribution in [0.1, 0.15) is 44.0 Å².